The number of hydrogen-bond donors (Lipinski definition) is 1. The second-order valence-electron chi connectivity index (χ2n) is 5.79. The molecule has 4 heteroatoms. The zero-order valence-corrected chi connectivity index (χ0v) is 14.2. The minimum absolute atomic E-state index is 0.000958. The van der Waals surface area contributed by atoms with Gasteiger partial charge in [-0.2, -0.15) is 0 Å². The molecule has 124 valence electrons. The maximum absolute atomic E-state index is 13.0. The third kappa shape index (κ3) is 3.00. The Morgan fingerprint density at radius 3 is 2.54 bits per heavy atom. The second-order valence-corrected chi connectivity index (χ2v) is 5.79. The molecule has 1 heterocycles. The Hall–Kier alpha value is -2.75. The average Bonchev–Trinajstić information content (AvgIpc) is 2.60. The van der Waals surface area contributed by atoms with Gasteiger partial charge in [-0.05, 0) is 48.7 Å². The summed E-state index contributed by atoms with van der Waals surface area (Å²) in [5, 5.41) is 0.648. The van der Waals surface area contributed by atoms with Gasteiger partial charge >= 0.3 is 0 Å². The Kier molecular flexibility index (Phi) is 4.56. The third-order valence-electron chi connectivity index (χ3n) is 3.96. The number of nitrogens with one attached hydrogen (secondary N) is 1. The molecule has 3 aromatic rings. The van der Waals surface area contributed by atoms with Crippen LogP contribution in [0.5, 0.6) is 11.5 Å². The molecular weight excluding hydrogens is 302 g/mol. The normalized spacial score (nSPS) is 10.8. The maximum atomic E-state index is 13.0. The summed E-state index contributed by atoms with van der Waals surface area (Å²) in [7, 11) is 1.62. The van der Waals surface area contributed by atoms with Crippen molar-refractivity contribution in [1.29, 1.82) is 0 Å². The van der Waals surface area contributed by atoms with E-state index in [2.05, 4.69) is 11.9 Å². The van der Waals surface area contributed by atoms with Crippen LogP contribution in [0.25, 0.3) is 22.0 Å². The number of ether oxygens (including phenoxy) is 2. The van der Waals surface area contributed by atoms with Gasteiger partial charge in [0.25, 0.3) is 0 Å². The largest absolute Gasteiger partial charge is 0.497 e. The number of H-pyrrole nitrogens is 1. The molecule has 2 aromatic carbocycles. The first-order chi connectivity index (χ1) is 11.6. The molecule has 0 aliphatic carbocycles. The van der Waals surface area contributed by atoms with Crippen molar-refractivity contribution in [2.75, 3.05) is 13.7 Å². The lowest BCUT2D eigenvalue weighted by atomic mass is 10.0. The standard InChI is InChI=1S/C20H21NO3/c1-4-9-24-18-11-13(2)10-16-19(18)21-12-17(20(16)22)14-5-7-15(23-3)8-6-14/h5-8,10-12H,4,9H2,1-3H3,(H,21,22). The first-order valence-corrected chi connectivity index (χ1v) is 8.07. The Balaban J connectivity index is 2.15. The highest BCUT2D eigenvalue weighted by Gasteiger charge is 2.12. The smallest absolute Gasteiger partial charge is 0.197 e. The lowest BCUT2D eigenvalue weighted by molar-refractivity contribution is 0.320. The van der Waals surface area contributed by atoms with Crippen LogP contribution in [0, 0.1) is 6.92 Å². The van der Waals surface area contributed by atoms with E-state index in [1.165, 1.54) is 0 Å². The number of rotatable bonds is 5. The van der Waals surface area contributed by atoms with Crippen LogP contribution in [-0.2, 0) is 0 Å². The molecule has 24 heavy (non-hydrogen) atoms. The van der Waals surface area contributed by atoms with Gasteiger partial charge in [0.05, 0.1) is 24.6 Å². The van der Waals surface area contributed by atoms with Crippen LogP contribution >= 0.6 is 0 Å². The van der Waals surface area contributed by atoms with Crippen LogP contribution in [0.15, 0.2) is 47.4 Å². The molecule has 0 amide bonds. The minimum Gasteiger partial charge on any atom is -0.497 e. The van der Waals surface area contributed by atoms with Crippen LogP contribution in [-0.4, -0.2) is 18.7 Å². The molecule has 1 aromatic heterocycles. The van der Waals surface area contributed by atoms with Crippen LogP contribution in [0.3, 0.4) is 0 Å². The van der Waals surface area contributed by atoms with E-state index in [1.807, 2.05) is 43.3 Å². The third-order valence-corrected chi connectivity index (χ3v) is 3.96. The fourth-order valence-corrected chi connectivity index (χ4v) is 2.75. The summed E-state index contributed by atoms with van der Waals surface area (Å²) in [6.07, 6.45) is 2.67. The molecule has 0 fully saturated rings. The first kappa shape index (κ1) is 16.1. The Morgan fingerprint density at radius 1 is 1.12 bits per heavy atom. The maximum Gasteiger partial charge on any atom is 0.197 e. The van der Waals surface area contributed by atoms with Gasteiger partial charge in [0.1, 0.15) is 11.5 Å². The molecule has 0 spiro atoms. The van der Waals surface area contributed by atoms with Gasteiger partial charge in [-0.25, -0.2) is 0 Å². The highest BCUT2D eigenvalue weighted by molar-refractivity contribution is 5.88. The van der Waals surface area contributed by atoms with E-state index >= 15 is 0 Å². The van der Waals surface area contributed by atoms with E-state index in [0.29, 0.717) is 17.6 Å². The van der Waals surface area contributed by atoms with Crippen molar-refractivity contribution >= 4 is 10.9 Å². The highest BCUT2D eigenvalue weighted by Crippen LogP contribution is 2.27. The van der Waals surface area contributed by atoms with Gasteiger partial charge < -0.3 is 14.5 Å². The number of aromatic amines is 1. The van der Waals surface area contributed by atoms with Crippen molar-refractivity contribution in [3.63, 3.8) is 0 Å². The molecule has 1 N–H and O–H groups in total. The predicted octanol–water partition coefficient (Wildman–Crippen LogP) is 4.30. The number of pyridine rings is 1. The van der Waals surface area contributed by atoms with E-state index in [-0.39, 0.29) is 5.43 Å². The number of aryl methyl sites for hydroxylation is 1. The lowest BCUT2D eigenvalue weighted by Crippen LogP contribution is -2.08. The van der Waals surface area contributed by atoms with E-state index in [0.717, 1.165) is 34.6 Å². The van der Waals surface area contributed by atoms with Crippen molar-refractivity contribution in [3.8, 4) is 22.6 Å². The summed E-state index contributed by atoms with van der Waals surface area (Å²) >= 11 is 0. The van der Waals surface area contributed by atoms with Crippen LogP contribution < -0.4 is 14.9 Å². The predicted molar refractivity (Wildman–Crippen MR) is 97.1 cm³/mol. The topological polar surface area (TPSA) is 51.3 Å². The van der Waals surface area contributed by atoms with E-state index in [1.54, 1.807) is 13.3 Å². The van der Waals surface area contributed by atoms with Gasteiger partial charge in [-0.1, -0.05) is 19.1 Å². The van der Waals surface area contributed by atoms with Crippen molar-refractivity contribution in [1.82, 2.24) is 4.98 Å². The van der Waals surface area contributed by atoms with Gasteiger partial charge in [0.15, 0.2) is 5.43 Å². The average molecular weight is 323 g/mol. The van der Waals surface area contributed by atoms with Gasteiger partial charge in [-0.15, -0.1) is 0 Å². The molecule has 0 saturated carbocycles. The van der Waals surface area contributed by atoms with Gasteiger partial charge in [0, 0.05) is 11.8 Å². The number of hydrogen-bond acceptors (Lipinski definition) is 3. The molecule has 0 aliphatic rings. The molecule has 0 bridgehead atoms. The first-order valence-electron chi connectivity index (χ1n) is 8.07. The molecular formula is C20H21NO3. The van der Waals surface area contributed by atoms with E-state index in [4.69, 9.17) is 9.47 Å². The quantitative estimate of drug-likeness (QED) is 0.761. The van der Waals surface area contributed by atoms with Crippen molar-refractivity contribution in [2.45, 2.75) is 20.3 Å². The zero-order valence-electron chi connectivity index (χ0n) is 14.2. The van der Waals surface area contributed by atoms with Crippen molar-refractivity contribution in [3.05, 3.63) is 58.4 Å². The summed E-state index contributed by atoms with van der Waals surface area (Å²) in [4.78, 5) is 16.2. The lowest BCUT2D eigenvalue weighted by Gasteiger charge is -2.11. The SMILES string of the molecule is CCCOc1cc(C)cc2c(=O)c(-c3ccc(OC)cc3)c[nH]c12. The molecule has 0 atom stereocenters. The Bertz CT molecular complexity index is 911. The Morgan fingerprint density at radius 2 is 1.88 bits per heavy atom. The number of fused-ring (bicyclic) bond motifs is 1. The highest BCUT2D eigenvalue weighted by atomic mass is 16.5. The molecule has 0 aliphatic heterocycles. The van der Waals surface area contributed by atoms with Crippen LogP contribution in [0.2, 0.25) is 0 Å². The molecule has 4 nitrogen and oxygen atoms in total. The summed E-state index contributed by atoms with van der Waals surface area (Å²) in [5.41, 5.74) is 3.25. The summed E-state index contributed by atoms with van der Waals surface area (Å²) in [6.45, 7) is 4.65. The van der Waals surface area contributed by atoms with Gasteiger partial charge in [-0.3, -0.25) is 4.79 Å². The van der Waals surface area contributed by atoms with Crippen molar-refractivity contribution < 1.29 is 9.47 Å². The molecule has 0 unspecified atom stereocenters. The summed E-state index contributed by atoms with van der Waals surface area (Å²) in [6, 6.07) is 11.3. The number of methoxy groups -OCH3 is 1. The van der Waals surface area contributed by atoms with Gasteiger partial charge in [0.2, 0.25) is 0 Å². The minimum atomic E-state index is -0.000958. The summed E-state index contributed by atoms with van der Waals surface area (Å²) in [5.74, 6) is 1.49. The molecule has 0 saturated heterocycles. The second kappa shape index (κ2) is 6.79. The zero-order chi connectivity index (χ0) is 17.1. The molecule has 3 rings (SSSR count). The number of benzene rings is 2. The van der Waals surface area contributed by atoms with Crippen molar-refractivity contribution in [2.24, 2.45) is 0 Å². The van der Waals surface area contributed by atoms with Crippen LogP contribution in [0.4, 0.5) is 0 Å². The van der Waals surface area contributed by atoms with E-state index < -0.39 is 0 Å². The fraction of sp³-hybridized carbons (Fsp3) is 0.250. The number of aromatic nitrogens is 1. The fourth-order valence-electron chi connectivity index (χ4n) is 2.75. The Labute approximate surface area is 141 Å². The monoisotopic (exact) mass is 323 g/mol. The summed E-state index contributed by atoms with van der Waals surface area (Å²) < 4.78 is 11.0. The van der Waals surface area contributed by atoms with Crippen LogP contribution in [0.1, 0.15) is 18.9 Å². The molecule has 0 radical (unpaired) electrons. The van der Waals surface area contributed by atoms with E-state index in [9.17, 15) is 4.79 Å².